The number of Topliss-reactive ketones (excluding diaryl/α,β-unsaturated/α-hetero) is 1. The van der Waals surface area contributed by atoms with E-state index in [4.69, 9.17) is 23.7 Å². The van der Waals surface area contributed by atoms with Gasteiger partial charge < -0.3 is 23.7 Å². The highest BCUT2D eigenvalue weighted by molar-refractivity contribution is 6.01. The van der Waals surface area contributed by atoms with E-state index in [1.165, 1.54) is 0 Å². The van der Waals surface area contributed by atoms with Crippen LogP contribution in [0.25, 0.3) is 0 Å². The number of ketones is 1. The Balaban J connectivity index is 1.81. The smallest absolute Gasteiger partial charge is 0.203 e. The summed E-state index contributed by atoms with van der Waals surface area (Å²) in [6, 6.07) is 10.6. The number of benzene rings is 2. The molecule has 25 heavy (non-hydrogen) atoms. The van der Waals surface area contributed by atoms with Crippen molar-refractivity contribution in [2.45, 2.75) is 12.2 Å². The van der Waals surface area contributed by atoms with Crippen molar-refractivity contribution >= 4 is 5.78 Å². The molecule has 0 amide bonds. The number of hydrogen-bond donors (Lipinski definition) is 0. The van der Waals surface area contributed by atoms with Gasteiger partial charge in [0.15, 0.2) is 23.4 Å². The molecule has 2 aromatic rings. The Morgan fingerprint density at radius 2 is 1.48 bits per heavy atom. The summed E-state index contributed by atoms with van der Waals surface area (Å²) in [6.45, 7) is 0. The standard InChI is InChI=1S/C19H20O6/c1-21-13-7-5-11(6-8-13)16(20)19-17(25-19)12-9-14(22-2)18(24-4)15(10-12)23-3/h5-10,17,19H,1-4H3. The molecule has 0 N–H and O–H groups in total. The molecule has 0 aromatic heterocycles. The first kappa shape index (κ1) is 17.1. The van der Waals surface area contributed by atoms with Crippen LogP contribution in [-0.4, -0.2) is 40.3 Å². The molecule has 0 saturated carbocycles. The van der Waals surface area contributed by atoms with Gasteiger partial charge in [0.2, 0.25) is 5.75 Å². The van der Waals surface area contributed by atoms with E-state index in [2.05, 4.69) is 0 Å². The first-order valence-corrected chi connectivity index (χ1v) is 7.76. The lowest BCUT2D eigenvalue weighted by molar-refractivity contribution is 0.0953. The number of rotatable bonds is 7. The minimum Gasteiger partial charge on any atom is -0.497 e. The molecule has 6 heteroatoms. The molecule has 1 fully saturated rings. The molecular weight excluding hydrogens is 324 g/mol. The van der Waals surface area contributed by atoms with E-state index in [-0.39, 0.29) is 11.9 Å². The molecule has 132 valence electrons. The maximum absolute atomic E-state index is 12.6. The molecule has 1 aliphatic heterocycles. The fraction of sp³-hybridized carbons (Fsp3) is 0.316. The summed E-state index contributed by atoms with van der Waals surface area (Å²) in [7, 11) is 6.23. The Bertz CT molecular complexity index is 743. The zero-order valence-corrected chi connectivity index (χ0v) is 14.6. The summed E-state index contributed by atoms with van der Waals surface area (Å²) < 4.78 is 26.7. The van der Waals surface area contributed by atoms with Gasteiger partial charge in [-0.05, 0) is 42.0 Å². The van der Waals surface area contributed by atoms with Crippen molar-refractivity contribution in [1.29, 1.82) is 0 Å². The lowest BCUT2D eigenvalue weighted by atomic mass is 10.0. The largest absolute Gasteiger partial charge is 0.497 e. The molecule has 2 aromatic carbocycles. The third kappa shape index (κ3) is 3.25. The van der Waals surface area contributed by atoms with Crippen molar-refractivity contribution in [3.05, 3.63) is 47.5 Å². The van der Waals surface area contributed by atoms with E-state index in [0.717, 1.165) is 5.56 Å². The molecule has 0 spiro atoms. The van der Waals surface area contributed by atoms with Crippen molar-refractivity contribution in [3.63, 3.8) is 0 Å². The lowest BCUT2D eigenvalue weighted by Gasteiger charge is -2.13. The van der Waals surface area contributed by atoms with Gasteiger partial charge in [0, 0.05) is 5.56 Å². The predicted octanol–water partition coefficient (Wildman–Crippen LogP) is 3.04. The summed E-state index contributed by atoms with van der Waals surface area (Å²) in [5.74, 6) is 2.20. The molecule has 3 rings (SSSR count). The Labute approximate surface area is 146 Å². The SMILES string of the molecule is COc1ccc(C(=O)C2OC2c2cc(OC)c(OC)c(OC)c2)cc1. The van der Waals surface area contributed by atoms with E-state index in [0.29, 0.717) is 28.6 Å². The van der Waals surface area contributed by atoms with Crippen LogP contribution in [-0.2, 0) is 4.74 Å². The summed E-state index contributed by atoms with van der Waals surface area (Å²) in [4.78, 5) is 12.6. The molecular formula is C19H20O6. The number of ether oxygens (including phenoxy) is 5. The molecule has 1 heterocycles. The quantitative estimate of drug-likeness (QED) is 0.568. The second kappa shape index (κ2) is 7.03. The second-order valence-electron chi connectivity index (χ2n) is 5.53. The minimum atomic E-state index is -0.517. The van der Waals surface area contributed by atoms with Gasteiger partial charge in [0.25, 0.3) is 0 Å². The van der Waals surface area contributed by atoms with Crippen LogP contribution in [0.3, 0.4) is 0 Å². The van der Waals surface area contributed by atoms with Crippen LogP contribution in [0.5, 0.6) is 23.0 Å². The Morgan fingerprint density at radius 3 is 1.96 bits per heavy atom. The molecule has 6 nitrogen and oxygen atoms in total. The van der Waals surface area contributed by atoms with Crippen LogP contribution in [0.2, 0.25) is 0 Å². The Kier molecular flexibility index (Phi) is 4.81. The van der Waals surface area contributed by atoms with Gasteiger partial charge in [-0.3, -0.25) is 4.79 Å². The van der Waals surface area contributed by atoms with E-state index in [1.807, 2.05) is 0 Å². The molecule has 1 saturated heterocycles. The average molecular weight is 344 g/mol. The van der Waals surface area contributed by atoms with Crippen LogP contribution >= 0.6 is 0 Å². The molecule has 0 bridgehead atoms. The van der Waals surface area contributed by atoms with Crippen molar-refractivity contribution < 1.29 is 28.5 Å². The summed E-state index contributed by atoms with van der Waals surface area (Å²) in [5.41, 5.74) is 1.39. The number of carbonyl (C=O) groups is 1. The van der Waals surface area contributed by atoms with Gasteiger partial charge in [-0.25, -0.2) is 0 Å². The number of methoxy groups -OCH3 is 4. The van der Waals surface area contributed by atoms with Gasteiger partial charge in [-0.1, -0.05) is 0 Å². The fourth-order valence-electron chi connectivity index (χ4n) is 2.75. The minimum absolute atomic E-state index is 0.0681. The molecule has 1 aliphatic rings. The monoisotopic (exact) mass is 344 g/mol. The first-order chi connectivity index (χ1) is 12.1. The van der Waals surface area contributed by atoms with Gasteiger partial charge >= 0.3 is 0 Å². The van der Waals surface area contributed by atoms with Crippen LogP contribution in [0, 0.1) is 0 Å². The highest BCUT2D eigenvalue weighted by Crippen LogP contribution is 2.46. The second-order valence-corrected chi connectivity index (χ2v) is 5.53. The van der Waals surface area contributed by atoms with Crippen LogP contribution < -0.4 is 18.9 Å². The van der Waals surface area contributed by atoms with Crippen molar-refractivity contribution in [1.82, 2.24) is 0 Å². The number of hydrogen-bond acceptors (Lipinski definition) is 6. The predicted molar refractivity (Wildman–Crippen MR) is 91.0 cm³/mol. The normalized spacial score (nSPS) is 18.4. The fourth-order valence-corrected chi connectivity index (χ4v) is 2.75. The third-order valence-electron chi connectivity index (χ3n) is 4.14. The summed E-state index contributed by atoms with van der Waals surface area (Å²) in [6.07, 6.45) is -0.848. The van der Waals surface area contributed by atoms with Crippen LogP contribution in [0.15, 0.2) is 36.4 Å². The topological polar surface area (TPSA) is 66.5 Å². The Hall–Kier alpha value is -2.73. The summed E-state index contributed by atoms with van der Waals surface area (Å²) >= 11 is 0. The number of epoxide rings is 1. The van der Waals surface area contributed by atoms with E-state index in [9.17, 15) is 4.79 Å². The first-order valence-electron chi connectivity index (χ1n) is 7.76. The highest BCUT2D eigenvalue weighted by Gasteiger charge is 2.46. The van der Waals surface area contributed by atoms with Crippen molar-refractivity contribution in [2.75, 3.05) is 28.4 Å². The van der Waals surface area contributed by atoms with Gasteiger partial charge in [0.05, 0.1) is 28.4 Å². The zero-order valence-electron chi connectivity index (χ0n) is 14.6. The van der Waals surface area contributed by atoms with Gasteiger partial charge in [0.1, 0.15) is 11.9 Å². The Morgan fingerprint density at radius 1 is 0.880 bits per heavy atom. The number of carbonyl (C=O) groups excluding carboxylic acids is 1. The van der Waals surface area contributed by atoms with Gasteiger partial charge in [-0.15, -0.1) is 0 Å². The van der Waals surface area contributed by atoms with Gasteiger partial charge in [-0.2, -0.15) is 0 Å². The molecule has 2 unspecified atom stereocenters. The third-order valence-corrected chi connectivity index (χ3v) is 4.14. The summed E-state index contributed by atoms with van der Waals surface area (Å²) in [5, 5.41) is 0. The highest BCUT2D eigenvalue weighted by atomic mass is 16.6. The molecule has 0 aliphatic carbocycles. The van der Waals surface area contributed by atoms with Crippen LogP contribution in [0.1, 0.15) is 22.0 Å². The zero-order chi connectivity index (χ0) is 18.0. The molecule has 2 atom stereocenters. The van der Waals surface area contributed by atoms with Crippen LogP contribution in [0.4, 0.5) is 0 Å². The maximum Gasteiger partial charge on any atom is 0.203 e. The van der Waals surface area contributed by atoms with Crippen molar-refractivity contribution in [3.8, 4) is 23.0 Å². The lowest BCUT2D eigenvalue weighted by Crippen LogP contribution is -2.08. The molecule has 0 radical (unpaired) electrons. The van der Waals surface area contributed by atoms with Crippen molar-refractivity contribution in [2.24, 2.45) is 0 Å². The van der Waals surface area contributed by atoms with E-state index >= 15 is 0 Å². The average Bonchev–Trinajstić information content (AvgIpc) is 3.47. The van der Waals surface area contributed by atoms with E-state index in [1.54, 1.807) is 64.8 Å². The maximum atomic E-state index is 12.6. The van der Waals surface area contributed by atoms with E-state index < -0.39 is 6.10 Å².